The topological polar surface area (TPSA) is 199 Å². The molecule has 3 aliphatic rings. The maximum Gasteiger partial charge on any atom is 0.258 e. The molecule has 0 saturated carbocycles. The molecule has 0 fully saturated rings. The summed E-state index contributed by atoms with van der Waals surface area (Å²) in [4.78, 5) is 61.7. The SMILES string of the molecule is O=C(COc1cc(/C=C/c2ccccc2)ccc1O)NCCOCCOCCOCCNC(=O)c1cc2nc(c1)-c1cccc(n1)CN1Cc3cccc(n3)-c3cccc(n3)CN(Cc3cccc(n3)-c3cccc(n3)C1)C2. The zero-order chi connectivity index (χ0) is 53.3. The lowest BCUT2D eigenvalue weighted by Crippen LogP contribution is -2.32. The summed E-state index contributed by atoms with van der Waals surface area (Å²) in [6, 6.07) is 48.6. The van der Waals surface area contributed by atoms with Gasteiger partial charge in [0.1, 0.15) is 0 Å². The van der Waals surface area contributed by atoms with Crippen LogP contribution in [0.4, 0.5) is 0 Å². The number of carbonyl (C=O) groups is 2. The van der Waals surface area contributed by atoms with Crippen LogP contribution in [0.2, 0.25) is 0 Å². The zero-order valence-electron chi connectivity index (χ0n) is 43.2. The van der Waals surface area contributed by atoms with Gasteiger partial charge in [-0.25, -0.2) is 29.9 Å². The molecular formula is C61H60N10O7. The van der Waals surface area contributed by atoms with Gasteiger partial charge in [-0.2, -0.15) is 0 Å². The fraction of sp³-hybridized carbons (Fsp3) is 0.246. The number of pyridine rings is 6. The summed E-state index contributed by atoms with van der Waals surface area (Å²) in [5, 5.41) is 16.0. The molecule has 78 heavy (non-hydrogen) atoms. The van der Waals surface area contributed by atoms with Crippen molar-refractivity contribution in [2.75, 3.05) is 59.3 Å². The van der Waals surface area contributed by atoms with Gasteiger partial charge in [-0.15, -0.1) is 0 Å². The van der Waals surface area contributed by atoms with E-state index in [-0.39, 0.29) is 56.2 Å². The molecule has 0 unspecified atom stereocenters. The predicted molar refractivity (Wildman–Crippen MR) is 295 cm³/mol. The van der Waals surface area contributed by atoms with Crippen molar-refractivity contribution in [2.24, 2.45) is 0 Å². The first kappa shape index (κ1) is 52.8. The second kappa shape index (κ2) is 26.5. The molecule has 11 rings (SSSR count). The van der Waals surface area contributed by atoms with Crippen molar-refractivity contribution < 1.29 is 33.6 Å². The van der Waals surface area contributed by atoms with E-state index in [1.807, 2.05) is 140 Å². The normalized spacial score (nSPS) is 14.8. The maximum atomic E-state index is 14.0. The number of ether oxygens (including phenoxy) is 4. The van der Waals surface area contributed by atoms with Gasteiger partial charge in [-0.05, 0) is 96.1 Å². The van der Waals surface area contributed by atoms with Crippen LogP contribution in [0, 0.1) is 0 Å². The average Bonchev–Trinajstić information content (AvgIpc) is 3.46. The molecule has 9 heterocycles. The van der Waals surface area contributed by atoms with Gasteiger partial charge >= 0.3 is 0 Å². The van der Waals surface area contributed by atoms with Crippen molar-refractivity contribution in [1.29, 1.82) is 0 Å². The van der Waals surface area contributed by atoms with E-state index in [1.54, 1.807) is 18.2 Å². The van der Waals surface area contributed by atoms with E-state index >= 15 is 0 Å². The van der Waals surface area contributed by atoms with E-state index in [2.05, 4.69) is 20.4 Å². The monoisotopic (exact) mass is 1040 g/mol. The Hall–Kier alpha value is -8.58. The number of nitrogens with one attached hydrogen (secondary N) is 2. The van der Waals surface area contributed by atoms with Crippen LogP contribution in [0.5, 0.6) is 11.5 Å². The minimum absolute atomic E-state index is 0.0494. The number of nitrogens with zero attached hydrogens (tertiary/aromatic N) is 8. The molecule has 0 atom stereocenters. The lowest BCUT2D eigenvalue weighted by Gasteiger charge is -2.24. The average molecular weight is 1050 g/mol. The zero-order valence-corrected chi connectivity index (χ0v) is 43.2. The number of carbonyl (C=O) groups excluding carboxylic acids is 2. The smallest absolute Gasteiger partial charge is 0.258 e. The van der Waals surface area contributed by atoms with E-state index in [0.717, 1.165) is 62.4 Å². The van der Waals surface area contributed by atoms with Gasteiger partial charge in [0.25, 0.3) is 11.8 Å². The Labute approximate surface area is 453 Å². The van der Waals surface area contributed by atoms with Crippen LogP contribution in [-0.4, -0.2) is 116 Å². The number of aromatic nitrogens is 6. The molecule has 14 bridgehead atoms. The summed E-state index contributed by atoms with van der Waals surface area (Å²) in [6.07, 6.45) is 3.87. The van der Waals surface area contributed by atoms with Crippen molar-refractivity contribution in [3.05, 3.63) is 203 Å². The number of phenols is 1. The minimum atomic E-state index is -0.339. The molecule has 6 aromatic heterocycles. The second-order valence-electron chi connectivity index (χ2n) is 18.8. The third kappa shape index (κ3) is 15.1. The minimum Gasteiger partial charge on any atom is -0.504 e. The Kier molecular flexibility index (Phi) is 17.9. The van der Waals surface area contributed by atoms with Gasteiger partial charge < -0.3 is 34.7 Å². The lowest BCUT2D eigenvalue weighted by atomic mass is 10.1. The fourth-order valence-electron chi connectivity index (χ4n) is 9.04. The van der Waals surface area contributed by atoms with Gasteiger partial charge in [-0.1, -0.05) is 78.9 Å². The first-order chi connectivity index (χ1) is 38.3. The molecule has 3 aliphatic heterocycles. The van der Waals surface area contributed by atoms with Crippen molar-refractivity contribution in [3.8, 4) is 45.7 Å². The molecule has 396 valence electrons. The maximum absolute atomic E-state index is 14.0. The molecule has 17 nitrogen and oxygen atoms in total. The number of hydrogen-bond donors (Lipinski definition) is 3. The highest BCUT2D eigenvalue weighted by Gasteiger charge is 2.20. The number of phenolic OH excluding ortho intramolecular Hbond substituents is 1. The largest absolute Gasteiger partial charge is 0.504 e. The molecule has 0 radical (unpaired) electrons. The number of hydrogen-bond acceptors (Lipinski definition) is 15. The third-order valence-corrected chi connectivity index (χ3v) is 12.7. The lowest BCUT2D eigenvalue weighted by molar-refractivity contribution is -0.123. The molecule has 3 N–H and O–H groups in total. The number of aromatic hydroxyl groups is 1. The Morgan fingerprint density at radius 3 is 1.40 bits per heavy atom. The van der Waals surface area contributed by atoms with Gasteiger partial charge in [0.15, 0.2) is 18.1 Å². The van der Waals surface area contributed by atoms with Gasteiger partial charge in [0, 0.05) is 57.9 Å². The molecule has 2 amide bonds. The van der Waals surface area contributed by atoms with E-state index in [4.69, 9.17) is 48.9 Å². The van der Waals surface area contributed by atoms with Crippen LogP contribution < -0.4 is 15.4 Å². The van der Waals surface area contributed by atoms with Crippen LogP contribution in [-0.2, 0) is 58.3 Å². The molecule has 0 aliphatic carbocycles. The Bertz CT molecular complexity index is 3270. The molecule has 0 saturated heterocycles. The highest BCUT2D eigenvalue weighted by Crippen LogP contribution is 2.29. The van der Waals surface area contributed by atoms with E-state index in [1.165, 1.54) is 6.07 Å². The molecular weight excluding hydrogens is 985 g/mol. The molecule has 2 aromatic carbocycles. The highest BCUT2D eigenvalue weighted by atomic mass is 16.5. The number of rotatable bonds is 18. The van der Waals surface area contributed by atoms with Crippen LogP contribution in [0.25, 0.3) is 46.3 Å². The summed E-state index contributed by atoms with van der Waals surface area (Å²) in [5.41, 5.74) is 11.7. The summed E-state index contributed by atoms with van der Waals surface area (Å²) < 4.78 is 22.7. The molecule has 0 spiro atoms. The third-order valence-electron chi connectivity index (χ3n) is 12.7. The first-order valence-electron chi connectivity index (χ1n) is 26.1. The summed E-state index contributed by atoms with van der Waals surface area (Å²) in [5.74, 6) is -0.431. The molecule has 8 aromatic rings. The summed E-state index contributed by atoms with van der Waals surface area (Å²) in [7, 11) is 0. The van der Waals surface area contributed by atoms with Crippen molar-refractivity contribution in [2.45, 2.75) is 39.3 Å². The van der Waals surface area contributed by atoms with E-state index in [9.17, 15) is 14.7 Å². The standard InChI is InChI=1S/C61H60N10O7/c72-58-24-23-44(22-21-43-9-2-1-3-10-43)33-59(58)78-42-60(73)62-25-27-75-29-31-77-32-30-76-28-26-63-61(74)45-34-51-41-71-39-48-13-6-18-54(66-48)52-16-4-11-46(64-52)36-70(38-50-15-8-20-56(68-50)57(35-45)69-51)37-47-12-5-17-53(65-47)55-19-7-14-49(40-71)67-55/h1-24,33-35,72H,25-32,36-42H2,(H,62,73)(H,63,74)/b22-21+. The Morgan fingerprint density at radius 1 is 0.449 bits per heavy atom. The van der Waals surface area contributed by atoms with Crippen molar-refractivity contribution in [1.82, 2.24) is 50.3 Å². The van der Waals surface area contributed by atoms with Gasteiger partial charge in [0.05, 0.1) is 108 Å². The fourth-order valence-corrected chi connectivity index (χ4v) is 9.04. The number of amides is 2. The Morgan fingerprint density at radius 2 is 0.885 bits per heavy atom. The van der Waals surface area contributed by atoms with Gasteiger partial charge in [-0.3, -0.25) is 19.4 Å². The summed E-state index contributed by atoms with van der Waals surface area (Å²) >= 11 is 0. The predicted octanol–water partition coefficient (Wildman–Crippen LogP) is 7.94. The van der Waals surface area contributed by atoms with E-state index in [0.29, 0.717) is 88.3 Å². The highest BCUT2D eigenvalue weighted by molar-refractivity contribution is 5.95. The van der Waals surface area contributed by atoms with E-state index < -0.39 is 0 Å². The quantitative estimate of drug-likeness (QED) is 0.0552. The number of benzene rings is 2. The Balaban J connectivity index is 0.728. The van der Waals surface area contributed by atoms with Gasteiger partial charge in [0.2, 0.25) is 0 Å². The summed E-state index contributed by atoms with van der Waals surface area (Å²) in [6.45, 7) is 5.06. The van der Waals surface area contributed by atoms with Crippen LogP contribution in [0.3, 0.4) is 0 Å². The second-order valence-corrected chi connectivity index (χ2v) is 18.8. The first-order valence-corrected chi connectivity index (χ1v) is 26.1. The van der Waals surface area contributed by atoms with Crippen molar-refractivity contribution in [3.63, 3.8) is 0 Å². The molecule has 17 heteroatoms. The van der Waals surface area contributed by atoms with Crippen molar-refractivity contribution >= 4 is 24.0 Å². The van der Waals surface area contributed by atoms with Crippen LogP contribution in [0.1, 0.15) is 55.6 Å². The van der Waals surface area contributed by atoms with Crippen LogP contribution >= 0.6 is 0 Å². The van der Waals surface area contributed by atoms with Crippen LogP contribution in [0.15, 0.2) is 152 Å².